The van der Waals surface area contributed by atoms with Gasteiger partial charge in [0.05, 0.1) is 36.4 Å². The minimum atomic E-state index is -0.484. The zero-order valence-electron chi connectivity index (χ0n) is 19.5. The van der Waals surface area contributed by atoms with Gasteiger partial charge < -0.3 is 14.8 Å². The number of ether oxygens (including phenoxy) is 2. The maximum atomic E-state index is 13.5. The molecular formula is C26H24N4O5. The number of nitro benzene ring substituents is 1. The first-order valence-corrected chi connectivity index (χ1v) is 10.8. The Bertz CT molecular complexity index is 1370. The number of para-hydroxylation sites is 1. The molecule has 9 nitrogen and oxygen atoms in total. The Balaban J connectivity index is 1.76. The number of rotatable bonds is 8. The summed E-state index contributed by atoms with van der Waals surface area (Å²) in [6, 6.07) is 20.4. The Morgan fingerprint density at radius 2 is 1.80 bits per heavy atom. The lowest BCUT2D eigenvalue weighted by atomic mass is 10.0. The molecule has 9 heteroatoms. The number of nitrogens with one attached hydrogen (secondary N) is 1. The number of aromatic nitrogens is 2. The Morgan fingerprint density at radius 3 is 2.49 bits per heavy atom. The summed E-state index contributed by atoms with van der Waals surface area (Å²) in [5, 5.41) is 18.8. The molecule has 0 saturated heterocycles. The molecule has 0 aliphatic heterocycles. The summed E-state index contributed by atoms with van der Waals surface area (Å²) >= 11 is 0. The van der Waals surface area contributed by atoms with Crippen molar-refractivity contribution in [3.8, 4) is 28.4 Å². The number of benzene rings is 3. The molecule has 1 atom stereocenters. The highest BCUT2D eigenvalue weighted by molar-refractivity contribution is 6.00. The van der Waals surface area contributed by atoms with Crippen LogP contribution in [0, 0.1) is 10.1 Å². The summed E-state index contributed by atoms with van der Waals surface area (Å²) in [6.07, 6.45) is 1.65. The normalized spacial score (nSPS) is 11.5. The molecule has 0 aliphatic rings. The number of carbonyl (C=O) groups is 1. The van der Waals surface area contributed by atoms with Gasteiger partial charge in [-0.05, 0) is 42.8 Å². The van der Waals surface area contributed by atoms with Crippen molar-refractivity contribution < 1.29 is 19.2 Å². The zero-order valence-corrected chi connectivity index (χ0v) is 19.5. The molecule has 178 valence electrons. The Morgan fingerprint density at radius 1 is 1.03 bits per heavy atom. The Kier molecular flexibility index (Phi) is 6.77. The van der Waals surface area contributed by atoms with Gasteiger partial charge in [-0.2, -0.15) is 5.10 Å². The van der Waals surface area contributed by atoms with Gasteiger partial charge in [0.1, 0.15) is 17.2 Å². The van der Waals surface area contributed by atoms with E-state index in [4.69, 9.17) is 14.6 Å². The fraction of sp³-hybridized carbons (Fsp3) is 0.154. The molecule has 1 heterocycles. The van der Waals surface area contributed by atoms with Crippen molar-refractivity contribution in [3.05, 3.63) is 100 Å². The molecule has 1 unspecified atom stereocenters. The predicted molar refractivity (Wildman–Crippen MR) is 131 cm³/mol. The van der Waals surface area contributed by atoms with Crippen LogP contribution < -0.4 is 14.8 Å². The second-order valence-corrected chi connectivity index (χ2v) is 7.78. The van der Waals surface area contributed by atoms with Gasteiger partial charge in [-0.15, -0.1) is 0 Å². The molecule has 3 aromatic carbocycles. The van der Waals surface area contributed by atoms with E-state index in [-0.39, 0.29) is 11.6 Å². The number of nitrogens with zero attached hydrogens (tertiary/aromatic N) is 3. The topological polar surface area (TPSA) is 109 Å². The highest BCUT2D eigenvalue weighted by Gasteiger charge is 2.23. The minimum absolute atomic E-state index is 0.0395. The molecule has 0 aliphatic carbocycles. The second-order valence-electron chi connectivity index (χ2n) is 7.78. The standard InChI is InChI=1S/C26H24N4O5/c1-17(18-8-7-11-20(14-18)30(32)33)27-26(31)23-16-29(19-9-5-4-6-10-19)28-25(23)22-15-21(34-2)12-13-24(22)35-3/h4-17H,1-3H3,(H,27,31). The Hall–Kier alpha value is -4.66. The van der Waals surface area contributed by atoms with E-state index in [0.717, 1.165) is 5.69 Å². The molecular weight excluding hydrogens is 448 g/mol. The van der Waals surface area contributed by atoms with Crippen LogP contribution in [-0.4, -0.2) is 34.8 Å². The van der Waals surface area contributed by atoms with Crippen LogP contribution in [0.1, 0.15) is 28.9 Å². The van der Waals surface area contributed by atoms with Gasteiger partial charge in [0, 0.05) is 23.9 Å². The smallest absolute Gasteiger partial charge is 0.269 e. The van der Waals surface area contributed by atoms with Gasteiger partial charge in [0.2, 0.25) is 0 Å². The number of non-ortho nitro benzene ring substituents is 1. The number of methoxy groups -OCH3 is 2. The third kappa shape index (κ3) is 4.98. The molecule has 0 radical (unpaired) electrons. The Labute approximate surface area is 202 Å². The van der Waals surface area contributed by atoms with Crippen molar-refractivity contribution in [2.24, 2.45) is 0 Å². The van der Waals surface area contributed by atoms with E-state index in [2.05, 4.69) is 5.32 Å². The summed E-state index contributed by atoms with van der Waals surface area (Å²) < 4.78 is 12.5. The summed E-state index contributed by atoms with van der Waals surface area (Å²) in [5.74, 6) is 0.738. The summed E-state index contributed by atoms with van der Waals surface area (Å²) in [7, 11) is 3.10. The molecule has 0 saturated carbocycles. The molecule has 35 heavy (non-hydrogen) atoms. The lowest BCUT2D eigenvalue weighted by molar-refractivity contribution is -0.384. The van der Waals surface area contributed by atoms with Crippen LogP contribution in [0.15, 0.2) is 79.0 Å². The van der Waals surface area contributed by atoms with Crippen LogP contribution in [-0.2, 0) is 0 Å². The average molecular weight is 473 g/mol. The van der Waals surface area contributed by atoms with Crippen molar-refractivity contribution >= 4 is 11.6 Å². The molecule has 0 bridgehead atoms. The van der Waals surface area contributed by atoms with Crippen LogP contribution >= 0.6 is 0 Å². The van der Waals surface area contributed by atoms with Crippen molar-refractivity contribution in [2.45, 2.75) is 13.0 Å². The number of hydrogen-bond acceptors (Lipinski definition) is 6. The summed E-state index contributed by atoms with van der Waals surface area (Å²) in [4.78, 5) is 24.2. The lowest BCUT2D eigenvalue weighted by Gasteiger charge is -2.15. The minimum Gasteiger partial charge on any atom is -0.497 e. The van der Waals surface area contributed by atoms with Gasteiger partial charge in [-0.25, -0.2) is 4.68 Å². The first-order valence-electron chi connectivity index (χ1n) is 10.8. The lowest BCUT2D eigenvalue weighted by Crippen LogP contribution is -2.26. The van der Waals surface area contributed by atoms with Gasteiger partial charge in [0.25, 0.3) is 11.6 Å². The van der Waals surface area contributed by atoms with E-state index in [1.54, 1.807) is 62.4 Å². The number of hydrogen-bond donors (Lipinski definition) is 1. The SMILES string of the molecule is COc1ccc(OC)c(-c2nn(-c3ccccc3)cc2C(=O)NC(C)c2cccc([N+](=O)[O-])c2)c1. The van der Waals surface area contributed by atoms with E-state index in [0.29, 0.717) is 33.9 Å². The van der Waals surface area contributed by atoms with Crippen LogP contribution in [0.2, 0.25) is 0 Å². The maximum Gasteiger partial charge on any atom is 0.269 e. The molecule has 4 rings (SSSR count). The second kappa shape index (κ2) is 10.1. The third-order valence-corrected chi connectivity index (χ3v) is 5.57. The van der Waals surface area contributed by atoms with Gasteiger partial charge in [-0.3, -0.25) is 14.9 Å². The van der Waals surface area contributed by atoms with Gasteiger partial charge in [-0.1, -0.05) is 30.3 Å². The fourth-order valence-corrected chi connectivity index (χ4v) is 3.72. The molecule has 0 spiro atoms. The van der Waals surface area contributed by atoms with E-state index < -0.39 is 11.0 Å². The number of nitro groups is 1. The fourth-order valence-electron chi connectivity index (χ4n) is 3.72. The van der Waals surface area contributed by atoms with E-state index >= 15 is 0 Å². The zero-order chi connectivity index (χ0) is 24.9. The third-order valence-electron chi connectivity index (χ3n) is 5.57. The van der Waals surface area contributed by atoms with E-state index in [9.17, 15) is 14.9 Å². The molecule has 4 aromatic rings. The first kappa shape index (κ1) is 23.5. The average Bonchev–Trinajstić information content (AvgIpc) is 3.34. The predicted octanol–water partition coefficient (Wildman–Crippen LogP) is 4.96. The van der Waals surface area contributed by atoms with Crippen LogP contribution in [0.4, 0.5) is 5.69 Å². The summed E-state index contributed by atoms with van der Waals surface area (Å²) in [6.45, 7) is 1.77. The monoisotopic (exact) mass is 472 g/mol. The largest absolute Gasteiger partial charge is 0.497 e. The van der Waals surface area contributed by atoms with Crippen LogP contribution in [0.25, 0.3) is 16.9 Å². The number of carbonyl (C=O) groups excluding carboxylic acids is 1. The molecule has 1 N–H and O–H groups in total. The molecule has 1 aromatic heterocycles. The van der Waals surface area contributed by atoms with Crippen molar-refractivity contribution in [1.82, 2.24) is 15.1 Å². The van der Waals surface area contributed by atoms with Crippen LogP contribution in [0.3, 0.4) is 0 Å². The molecule has 0 fully saturated rings. The molecule has 1 amide bonds. The van der Waals surface area contributed by atoms with Crippen molar-refractivity contribution in [2.75, 3.05) is 14.2 Å². The van der Waals surface area contributed by atoms with Crippen molar-refractivity contribution in [3.63, 3.8) is 0 Å². The van der Waals surface area contributed by atoms with Crippen LogP contribution in [0.5, 0.6) is 11.5 Å². The van der Waals surface area contributed by atoms with Crippen molar-refractivity contribution in [1.29, 1.82) is 0 Å². The quantitative estimate of drug-likeness (QED) is 0.287. The van der Waals surface area contributed by atoms with E-state index in [1.807, 2.05) is 30.3 Å². The van der Waals surface area contributed by atoms with Gasteiger partial charge in [0.15, 0.2) is 0 Å². The number of amides is 1. The van der Waals surface area contributed by atoms with E-state index in [1.165, 1.54) is 12.1 Å². The highest BCUT2D eigenvalue weighted by Crippen LogP contribution is 2.35. The van der Waals surface area contributed by atoms with Gasteiger partial charge >= 0.3 is 0 Å². The highest BCUT2D eigenvalue weighted by atomic mass is 16.6. The maximum absolute atomic E-state index is 13.5. The summed E-state index contributed by atoms with van der Waals surface area (Å²) in [5.41, 5.74) is 2.67. The first-order chi connectivity index (χ1) is 16.9.